The first kappa shape index (κ1) is 23.0. The van der Waals surface area contributed by atoms with E-state index in [1.54, 1.807) is 44.3 Å². The van der Waals surface area contributed by atoms with Crippen LogP contribution in [0.2, 0.25) is 0 Å². The van der Waals surface area contributed by atoms with Crippen molar-refractivity contribution in [3.63, 3.8) is 0 Å². The maximum Gasteiger partial charge on any atom is 0.296 e. The van der Waals surface area contributed by atoms with E-state index in [0.717, 1.165) is 0 Å². The summed E-state index contributed by atoms with van der Waals surface area (Å²) in [5.74, 6) is -0.443. The molecule has 0 bridgehead atoms. The Hall–Kier alpha value is -4.18. The minimum atomic E-state index is -4.48. The molecule has 10 heteroatoms. The molecule has 174 valence electrons. The number of carbonyl (C=O) groups is 1. The molecule has 34 heavy (non-hydrogen) atoms. The van der Waals surface area contributed by atoms with Gasteiger partial charge in [0.2, 0.25) is 0 Å². The molecule has 2 aromatic heterocycles. The zero-order valence-corrected chi connectivity index (χ0v) is 19.6. The lowest BCUT2D eigenvalue weighted by Gasteiger charge is -2.21. The Labute approximate surface area is 196 Å². The SMILES string of the molecule is COc1ccc(S(=O)(=O)N(C(=O)c2cccnc2)c2c(C)n(C)n(-c3ccccc3)c2=O)cc1. The molecule has 2 heterocycles. The van der Waals surface area contributed by atoms with Crippen LogP contribution in [-0.2, 0) is 17.1 Å². The van der Waals surface area contributed by atoms with Crippen LogP contribution >= 0.6 is 0 Å². The highest BCUT2D eigenvalue weighted by atomic mass is 32.2. The largest absolute Gasteiger partial charge is 0.497 e. The van der Waals surface area contributed by atoms with E-state index >= 15 is 0 Å². The second-order valence-electron chi connectivity index (χ2n) is 7.40. The molecule has 0 fully saturated rings. The number of benzene rings is 2. The van der Waals surface area contributed by atoms with Crippen molar-refractivity contribution < 1.29 is 17.9 Å². The highest BCUT2D eigenvalue weighted by molar-refractivity contribution is 7.93. The predicted octanol–water partition coefficient (Wildman–Crippen LogP) is 2.92. The fourth-order valence-corrected chi connectivity index (χ4v) is 5.04. The van der Waals surface area contributed by atoms with Gasteiger partial charge in [-0.2, -0.15) is 4.31 Å². The van der Waals surface area contributed by atoms with Crippen LogP contribution in [0.5, 0.6) is 5.75 Å². The number of rotatable bonds is 6. The molecule has 0 aliphatic rings. The summed E-state index contributed by atoms with van der Waals surface area (Å²) >= 11 is 0. The van der Waals surface area contributed by atoms with Crippen LogP contribution in [0.3, 0.4) is 0 Å². The number of carbonyl (C=O) groups excluding carboxylic acids is 1. The summed E-state index contributed by atoms with van der Waals surface area (Å²) in [6, 6.07) is 17.3. The highest BCUT2D eigenvalue weighted by Gasteiger charge is 2.37. The van der Waals surface area contributed by atoms with Crippen LogP contribution in [0, 0.1) is 6.92 Å². The summed E-state index contributed by atoms with van der Waals surface area (Å²) in [6.45, 7) is 1.59. The molecule has 4 aromatic rings. The lowest BCUT2D eigenvalue weighted by molar-refractivity contribution is 0.100. The summed E-state index contributed by atoms with van der Waals surface area (Å²) in [4.78, 5) is 30.9. The topological polar surface area (TPSA) is 104 Å². The van der Waals surface area contributed by atoms with Gasteiger partial charge in [0.15, 0.2) is 0 Å². The molecule has 0 saturated heterocycles. The number of pyridine rings is 1. The normalized spacial score (nSPS) is 11.3. The number of nitrogens with zero attached hydrogens (tertiary/aromatic N) is 4. The Balaban J connectivity index is 1.98. The Kier molecular flexibility index (Phi) is 6.08. The summed E-state index contributed by atoms with van der Waals surface area (Å²) in [6.07, 6.45) is 2.72. The Morgan fingerprint density at radius 2 is 1.68 bits per heavy atom. The quantitative estimate of drug-likeness (QED) is 0.422. The van der Waals surface area contributed by atoms with Crippen molar-refractivity contribution >= 4 is 21.6 Å². The van der Waals surface area contributed by atoms with Crippen LogP contribution in [0.15, 0.2) is 88.8 Å². The van der Waals surface area contributed by atoms with E-state index in [2.05, 4.69) is 4.98 Å². The molecule has 2 aromatic carbocycles. The third kappa shape index (κ3) is 3.88. The first-order valence-corrected chi connectivity index (χ1v) is 11.7. The third-order valence-electron chi connectivity index (χ3n) is 5.42. The molecule has 1 amide bonds. The van der Waals surface area contributed by atoms with Crippen molar-refractivity contribution in [2.75, 3.05) is 11.4 Å². The second kappa shape index (κ2) is 8.99. The second-order valence-corrected chi connectivity index (χ2v) is 9.19. The standard InChI is InChI=1S/C24H22N4O5S/c1-17-22(24(30)27(26(17)2)19-9-5-4-6-10-19)28(23(29)18-8-7-15-25-16-18)34(31,32)21-13-11-20(33-3)12-14-21/h4-16H,1-3H3. The van der Waals surface area contributed by atoms with Gasteiger partial charge >= 0.3 is 0 Å². The van der Waals surface area contributed by atoms with Gasteiger partial charge in [0.25, 0.3) is 21.5 Å². The van der Waals surface area contributed by atoms with Crippen LogP contribution in [0.4, 0.5) is 5.69 Å². The summed E-state index contributed by atoms with van der Waals surface area (Å²) in [5.41, 5.74) is -0.0757. The Morgan fingerprint density at radius 3 is 2.26 bits per heavy atom. The molecule has 0 aliphatic heterocycles. The van der Waals surface area contributed by atoms with Crippen molar-refractivity contribution in [2.45, 2.75) is 11.8 Å². The molecular weight excluding hydrogens is 456 g/mol. The number of amides is 1. The summed E-state index contributed by atoms with van der Waals surface area (Å²) in [7, 11) is -1.40. The summed E-state index contributed by atoms with van der Waals surface area (Å²) in [5, 5.41) is 0. The Bertz CT molecular complexity index is 1490. The first-order chi connectivity index (χ1) is 16.3. The number of aromatic nitrogens is 3. The zero-order valence-electron chi connectivity index (χ0n) is 18.7. The number of hydrogen-bond donors (Lipinski definition) is 0. The minimum Gasteiger partial charge on any atom is -0.497 e. The van der Waals surface area contributed by atoms with Crippen LogP contribution < -0.4 is 14.6 Å². The molecule has 0 aliphatic carbocycles. The van der Waals surface area contributed by atoms with Gasteiger partial charge in [-0.15, -0.1) is 0 Å². The highest BCUT2D eigenvalue weighted by Crippen LogP contribution is 2.28. The minimum absolute atomic E-state index is 0.0218. The van der Waals surface area contributed by atoms with Crippen molar-refractivity contribution in [1.29, 1.82) is 0 Å². The van der Waals surface area contributed by atoms with E-state index in [1.165, 1.54) is 65.3 Å². The van der Waals surface area contributed by atoms with Gasteiger partial charge in [0.1, 0.15) is 11.4 Å². The number of ether oxygens (including phenoxy) is 1. The first-order valence-electron chi connectivity index (χ1n) is 10.2. The average Bonchev–Trinajstić information content (AvgIpc) is 3.08. The number of para-hydroxylation sites is 1. The average molecular weight is 479 g/mol. The molecule has 0 unspecified atom stereocenters. The lowest BCUT2D eigenvalue weighted by atomic mass is 10.2. The molecule has 4 rings (SSSR count). The van der Waals surface area contributed by atoms with Crippen LogP contribution in [0.25, 0.3) is 5.69 Å². The van der Waals surface area contributed by atoms with E-state index in [9.17, 15) is 18.0 Å². The molecule has 0 spiro atoms. The predicted molar refractivity (Wildman–Crippen MR) is 127 cm³/mol. The van der Waals surface area contributed by atoms with E-state index in [0.29, 0.717) is 21.4 Å². The fraction of sp³-hybridized carbons (Fsp3) is 0.125. The molecule has 0 N–H and O–H groups in total. The smallest absolute Gasteiger partial charge is 0.296 e. The number of methoxy groups -OCH3 is 1. The lowest BCUT2D eigenvalue weighted by Crippen LogP contribution is -2.40. The number of hydrogen-bond acceptors (Lipinski definition) is 6. The molecular formula is C24H22N4O5S. The van der Waals surface area contributed by atoms with Crippen LogP contribution in [0.1, 0.15) is 16.1 Å². The van der Waals surface area contributed by atoms with Crippen LogP contribution in [-0.4, -0.2) is 35.8 Å². The van der Waals surface area contributed by atoms with Gasteiger partial charge in [0, 0.05) is 19.4 Å². The maximum atomic E-state index is 13.8. The van der Waals surface area contributed by atoms with E-state index in [-0.39, 0.29) is 16.1 Å². The molecule has 9 nitrogen and oxygen atoms in total. The molecule has 0 atom stereocenters. The fourth-order valence-electron chi connectivity index (χ4n) is 3.58. The van der Waals surface area contributed by atoms with Gasteiger partial charge in [-0.3, -0.25) is 19.3 Å². The molecule has 0 saturated carbocycles. The van der Waals surface area contributed by atoms with E-state index in [1.807, 2.05) is 0 Å². The van der Waals surface area contributed by atoms with Gasteiger partial charge < -0.3 is 4.74 Å². The summed E-state index contributed by atoms with van der Waals surface area (Å²) < 4.78 is 36.1. The third-order valence-corrected chi connectivity index (χ3v) is 7.11. The van der Waals surface area contributed by atoms with Crippen molar-refractivity contribution in [3.05, 3.63) is 101 Å². The maximum absolute atomic E-state index is 13.8. The van der Waals surface area contributed by atoms with Gasteiger partial charge in [0.05, 0.1) is 29.0 Å². The Morgan fingerprint density at radius 1 is 1.00 bits per heavy atom. The number of sulfonamides is 1. The van der Waals surface area contributed by atoms with Gasteiger partial charge in [-0.1, -0.05) is 18.2 Å². The number of anilines is 1. The molecule has 0 radical (unpaired) electrons. The van der Waals surface area contributed by atoms with E-state index in [4.69, 9.17) is 4.74 Å². The van der Waals surface area contributed by atoms with Gasteiger partial charge in [-0.05, 0) is 55.5 Å². The van der Waals surface area contributed by atoms with E-state index < -0.39 is 21.5 Å². The van der Waals surface area contributed by atoms with Gasteiger partial charge in [-0.25, -0.2) is 13.1 Å². The van der Waals surface area contributed by atoms with Crippen molar-refractivity contribution in [2.24, 2.45) is 7.05 Å². The zero-order chi connectivity index (χ0) is 24.5. The van der Waals surface area contributed by atoms with Crippen molar-refractivity contribution in [3.8, 4) is 11.4 Å². The van der Waals surface area contributed by atoms with Crippen molar-refractivity contribution in [1.82, 2.24) is 14.3 Å². The monoisotopic (exact) mass is 478 g/mol.